The molecule has 0 aliphatic heterocycles. The minimum absolute atomic E-state index is 0.132. The first-order valence-corrected chi connectivity index (χ1v) is 4.98. The van der Waals surface area contributed by atoms with Gasteiger partial charge in [-0.25, -0.2) is 0 Å². The molecular weight excluding hydrogens is 179 g/mol. The Balaban J connectivity index is 2.63. The van der Waals surface area contributed by atoms with Gasteiger partial charge in [0.15, 0.2) is 0 Å². The lowest BCUT2D eigenvalue weighted by Gasteiger charge is -2.41. The summed E-state index contributed by atoms with van der Waals surface area (Å²) in [5, 5.41) is 0.132. The number of hydrogen-bond donors (Lipinski definition) is 0. The van der Waals surface area contributed by atoms with E-state index < -0.39 is 0 Å². The average molecular weight is 195 g/mol. The highest BCUT2D eigenvalue weighted by atomic mass is 35.5. The third-order valence-corrected chi connectivity index (χ3v) is 3.88. The van der Waals surface area contributed by atoms with E-state index in [1.54, 1.807) is 0 Å². The molecule has 0 radical (unpaired) electrons. The van der Waals surface area contributed by atoms with Gasteiger partial charge in [0.05, 0.1) is 10.3 Å². The molecular formula is C9H16Cl2. The maximum atomic E-state index is 6.22. The van der Waals surface area contributed by atoms with Gasteiger partial charge in [-0.15, -0.1) is 23.2 Å². The van der Waals surface area contributed by atoms with Crippen molar-refractivity contribution in [1.82, 2.24) is 0 Å². The molecule has 0 heterocycles. The molecule has 0 nitrogen and oxygen atoms in total. The average Bonchev–Trinajstić information content (AvgIpc) is 1.81. The fourth-order valence-electron chi connectivity index (χ4n) is 1.54. The molecule has 0 N–H and O–H groups in total. The van der Waals surface area contributed by atoms with E-state index in [2.05, 4.69) is 13.8 Å². The van der Waals surface area contributed by atoms with Gasteiger partial charge in [-0.1, -0.05) is 13.8 Å². The first-order chi connectivity index (χ1) is 4.83. The summed E-state index contributed by atoms with van der Waals surface area (Å²) < 4.78 is 0. The molecule has 1 fully saturated rings. The molecule has 1 saturated carbocycles. The summed E-state index contributed by atoms with van der Waals surface area (Å²) in [5.74, 6) is 0. The maximum absolute atomic E-state index is 6.22. The molecule has 0 aromatic carbocycles. The highest BCUT2D eigenvalue weighted by Gasteiger charge is 2.40. The summed E-state index contributed by atoms with van der Waals surface area (Å²) in [6.07, 6.45) is 3.26. The van der Waals surface area contributed by atoms with Crippen LogP contribution >= 0.6 is 23.2 Å². The van der Waals surface area contributed by atoms with Gasteiger partial charge >= 0.3 is 0 Å². The Morgan fingerprint density at radius 3 is 2.09 bits per heavy atom. The SMILES string of the molecule is CC1(C)CCC(C)(Cl)C(Cl)C1. The topological polar surface area (TPSA) is 0 Å². The van der Waals surface area contributed by atoms with E-state index in [9.17, 15) is 0 Å². The van der Waals surface area contributed by atoms with Crippen LogP contribution in [0, 0.1) is 5.41 Å². The van der Waals surface area contributed by atoms with E-state index in [1.165, 1.54) is 6.42 Å². The zero-order chi connectivity index (χ0) is 8.70. The standard InChI is InChI=1S/C9H16Cl2/c1-8(2)4-5-9(3,11)7(10)6-8/h7H,4-6H2,1-3H3. The van der Waals surface area contributed by atoms with E-state index in [-0.39, 0.29) is 10.3 Å². The molecule has 1 aliphatic carbocycles. The second kappa shape index (κ2) is 2.81. The van der Waals surface area contributed by atoms with Gasteiger partial charge in [0.1, 0.15) is 0 Å². The van der Waals surface area contributed by atoms with Gasteiger partial charge < -0.3 is 0 Å². The lowest BCUT2D eigenvalue weighted by molar-refractivity contribution is 0.218. The lowest BCUT2D eigenvalue weighted by Crippen LogP contribution is -2.39. The van der Waals surface area contributed by atoms with E-state index in [1.807, 2.05) is 6.92 Å². The molecule has 0 saturated heterocycles. The molecule has 2 heteroatoms. The fourth-order valence-corrected chi connectivity index (χ4v) is 2.24. The maximum Gasteiger partial charge on any atom is 0.0582 e. The second-order valence-corrected chi connectivity index (χ2v) is 6.00. The van der Waals surface area contributed by atoms with Crippen LogP contribution in [0.3, 0.4) is 0 Å². The van der Waals surface area contributed by atoms with Crippen molar-refractivity contribution in [3.8, 4) is 0 Å². The normalized spacial score (nSPS) is 43.9. The van der Waals surface area contributed by atoms with Crippen LogP contribution in [-0.4, -0.2) is 10.3 Å². The van der Waals surface area contributed by atoms with Crippen molar-refractivity contribution in [3.05, 3.63) is 0 Å². The van der Waals surface area contributed by atoms with Crippen LogP contribution in [0.1, 0.15) is 40.0 Å². The van der Waals surface area contributed by atoms with Crippen LogP contribution in [0.4, 0.5) is 0 Å². The van der Waals surface area contributed by atoms with E-state index >= 15 is 0 Å². The highest BCUT2D eigenvalue weighted by molar-refractivity contribution is 6.32. The van der Waals surface area contributed by atoms with Crippen LogP contribution in [0.5, 0.6) is 0 Å². The van der Waals surface area contributed by atoms with Crippen LogP contribution < -0.4 is 0 Å². The van der Waals surface area contributed by atoms with Gasteiger partial charge in [0.2, 0.25) is 0 Å². The Kier molecular flexibility index (Phi) is 2.47. The number of alkyl halides is 2. The van der Waals surface area contributed by atoms with Crippen LogP contribution in [0.2, 0.25) is 0 Å². The quantitative estimate of drug-likeness (QED) is 0.515. The smallest absolute Gasteiger partial charge is 0.0582 e. The van der Waals surface area contributed by atoms with E-state index in [0.717, 1.165) is 12.8 Å². The first kappa shape index (κ1) is 9.67. The molecule has 0 aromatic rings. The molecule has 2 atom stereocenters. The Morgan fingerprint density at radius 2 is 1.73 bits per heavy atom. The zero-order valence-electron chi connectivity index (χ0n) is 7.45. The van der Waals surface area contributed by atoms with E-state index in [4.69, 9.17) is 23.2 Å². The summed E-state index contributed by atoms with van der Waals surface area (Å²) in [7, 11) is 0. The van der Waals surface area contributed by atoms with Crippen LogP contribution in [0.15, 0.2) is 0 Å². The van der Waals surface area contributed by atoms with Gasteiger partial charge in [-0.3, -0.25) is 0 Å². The molecule has 0 aromatic heterocycles. The summed E-state index contributed by atoms with van der Waals surface area (Å²) in [6, 6.07) is 0. The molecule has 1 aliphatic rings. The molecule has 1 rings (SSSR count). The highest BCUT2D eigenvalue weighted by Crippen LogP contribution is 2.45. The van der Waals surface area contributed by atoms with Gasteiger partial charge in [-0.05, 0) is 31.6 Å². The molecule has 66 valence electrons. The van der Waals surface area contributed by atoms with Gasteiger partial charge in [0.25, 0.3) is 0 Å². The van der Waals surface area contributed by atoms with Crippen molar-refractivity contribution in [3.63, 3.8) is 0 Å². The zero-order valence-corrected chi connectivity index (χ0v) is 8.97. The van der Waals surface area contributed by atoms with Crippen molar-refractivity contribution in [1.29, 1.82) is 0 Å². The predicted molar refractivity (Wildman–Crippen MR) is 51.5 cm³/mol. The predicted octanol–water partition coefficient (Wildman–Crippen LogP) is 3.80. The first-order valence-electron chi connectivity index (χ1n) is 4.16. The number of halogens is 2. The molecule has 11 heavy (non-hydrogen) atoms. The molecule has 0 amide bonds. The Morgan fingerprint density at radius 1 is 1.18 bits per heavy atom. The Hall–Kier alpha value is 0.580. The third-order valence-electron chi connectivity index (χ3n) is 2.68. The van der Waals surface area contributed by atoms with E-state index in [0.29, 0.717) is 5.41 Å². The fraction of sp³-hybridized carbons (Fsp3) is 1.00. The minimum atomic E-state index is -0.170. The van der Waals surface area contributed by atoms with Crippen molar-refractivity contribution in [2.24, 2.45) is 5.41 Å². The van der Waals surface area contributed by atoms with Crippen LogP contribution in [0.25, 0.3) is 0 Å². The van der Waals surface area contributed by atoms with Crippen molar-refractivity contribution < 1.29 is 0 Å². The molecule has 0 spiro atoms. The number of hydrogen-bond acceptors (Lipinski definition) is 0. The summed E-state index contributed by atoms with van der Waals surface area (Å²) in [6.45, 7) is 6.56. The summed E-state index contributed by atoms with van der Waals surface area (Å²) >= 11 is 12.4. The molecule has 0 bridgehead atoms. The summed E-state index contributed by atoms with van der Waals surface area (Å²) in [4.78, 5) is -0.170. The number of rotatable bonds is 0. The van der Waals surface area contributed by atoms with Crippen molar-refractivity contribution >= 4 is 23.2 Å². The Labute approximate surface area is 79.3 Å². The third kappa shape index (κ3) is 2.26. The minimum Gasteiger partial charge on any atom is -0.121 e. The van der Waals surface area contributed by atoms with Crippen LogP contribution in [-0.2, 0) is 0 Å². The van der Waals surface area contributed by atoms with Gasteiger partial charge in [-0.2, -0.15) is 0 Å². The lowest BCUT2D eigenvalue weighted by atomic mass is 9.73. The second-order valence-electron chi connectivity index (χ2n) is 4.61. The summed E-state index contributed by atoms with van der Waals surface area (Å²) in [5.41, 5.74) is 0.390. The van der Waals surface area contributed by atoms with Crippen molar-refractivity contribution in [2.45, 2.75) is 50.3 Å². The monoisotopic (exact) mass is 194 g/mol. The largest absolute Gasteiger partial charge is 0.121 e. The van der Waals surface area contributed by atoms with Crippen molar-refractivity contribution in [2.75, 3.05) is 0 Å². The molecule has 2 unspecified atom stereocenters. The Bertz CT molecular complexity index is 150. The van der Waals surface area contributed by atoms with Gasteiger partial charge in [0, 0.05) is 0 Å².